The Kier molecular flexibility index (Phi) is 3.47. The maximum atomic E-state index is 11.2. The van der Waals surface area contributed by atoms with E-state index >= 15 is 0 Å². The van der Waals surface area contributed by atoms with Crippen LogP contribution in [-0.2, 0) is 22.4 Å². The molecule has 0 unspecified atom stereocenters. The van der Waals surface area contributed by atoms with E-state index in [0.717, 1.165) is 34.7 Å². The van der Waals surface area contributed by atoms with Crippen molar-refractivity contribution in [1.82, 2.24) is 4.98 Å². The molecule has 1 aromatic heterocycles. The fraction of sp³-hybridized carbons (Fsp3) is 0.267. The number of rotatable bonds is 2. The van der Waals surface area contributed by atoms with Gasteiger partial charge in [0.25, 0.3) is 0 Å². The van der Waals surface area contributed by atoms with Crippen molar-refractivity contribution >= 4 is 34.0 Å². The number of fused-ring (bicyclic) bond motifs is 3. The molecule has 0 spiro atoms. The molecule has 1 aliphatic rings. The SMILES string of the molecule is CC(=O)Nc1ccc2c(c1)-c1sc(NC(C)=O)nc1CC2. The van der Waals surface area contributed by atoms with Gasteiger partial charge in [0.05, 0.1) is 10.6 Å². The lowest BCUT2D eigenvalue weighted by Gasteiger charge is -2.16. The highest BCUT2D eigenvalue weighted by molar-refractivity contribution is 7.19. The van der Waals surface area contributed by atoms with E-state index in [1.165, 1.54) is 30.7 Å². The second-order valence-electron chi connectivity index (χ2n) is 5.03. The molecule has 2 N–H and O–H groups in total. The second-order valence-corrected chi connectivity index (χ2v) is 6.03. The molecule has 2 amide bonds. The quantitative estimate of drug-likeness (QED) is 0.896. The van der Waals surface area contributed by atoms with Crippen LogP contribution in [0.25, 0.3) is 10.4 Å². The number of benzene rings is 1. The molecule has 108 valence electrons. The van der Waals surface area contributed by atoms with Gasteiger partial charge < -0.3 is 10.6 Å². The molecule has 2 aromatic rings. The Balaban J connectivity index is 2.01. The van der Waals surface area contributed by atoms with Gasteiger partial charge in [-0.2, -0.15) is 0 Å². The number of carbonyl (C=O) groups excluding carboxylic acids is 2. The van der Waals surface area contributed by atoms with Crippen LogP contribution in [0.15, 0.2) is 18.2 Å². The highest BCUT2D eigenvalue weighted by Crippen LogP contribution is 2.40. The van der Waals surface area contributed by atoms with Crippen molar-refractivity contribution < 1.29 is 9.59 Å². The number of amides is 2. The molecule has 0 atom stereocenters. The summed E-state index contributed by atoms with van der Waals surface area (Å²) >= 11 is 1.48. The van der Waals surface area contributed by atoms with Crippen molar-refractivity contribution in [2.45, 2.75) is 26.7 Å². The van der Waals surface area contributed by atoms with Gasteiger partial charge >= 0.3 is 0 Å². The molecule has 3 rings (SSSR count). The van der Waals surface area contributed by atoms with E-state index in [1.807, 2.05) is 18.2 Å². The largest absolute Gasteiger partial charge is 0.326 e. The second kappa shape index (κ2) is 5.29. The van der Waals surface area contributed by atoms with E-state index in [0.29, 0.717) is 5.13 Å². The van der Waals surface area contributed by atoms with E-state index in [1.54, 1.807) is 0 Å². The van der Waals surface area contributed by atoms with E-state index in [2.05, 4.69) is 15.6 Å². The summed E-state index contributed by atoms with van der Waals surface area (Å²) in [7, 11) is 0. The van der Waals surface area contributed by atoms with Crippen LogP contribution < -0.4 is 10.6 Å². The first-order valence-corrected chi connectivity index (χ1v) is 7.53. The van der Waals surface area contributed by atoms with E-state index in [-0.39, 0.29) is 11.8 Å². The Morgan fingerprint density at radius 2 is 1.90 bits per heavy atom. The van der Waals surface area contributed by atoms with Crippen LogP contribution in [0.4, 0.5) is 10.8 Å². The fourth-order valence-corrected chi connectivity index (χ4v) is 3.59. The Hall–Kier alpha value is -2.21. The minimum atomic E-state index is -0.117. The fourth-order valence-electron chi connectivity index (χ4n) is 2.48. The number of thiazole rings is 1. The van der Waals surface area contributed by atoms with Crippen LogP contribution in [0.1, 0.15) is 25.1 Å². The molecule has 21 heavy (non-hydrogen) atoms. The molecule has 0 aliphatic heterocycles. The van der Waals surface area contributed by atoms with Gasteiger partial charge in [0, 0.05) is 19.5 Å². The molecule has 0 saturated carbocycles. The van der Waals surface area contributed by atoms with Gasteiger partial charge in [0.15, 0.2) is 5.13 Å². The smallest absolute Gasteiger partial charge is 0.223 e. The first-order chi connectivity index (χ1) is 10.0. The molecule has 0 saturated heterocycles. The average Bonchev–Trinajstić information content (AvgIpc) is 2.79. The number of nitrogens with one attached hydrogen (secondary N) is 2. The molecule has 1 aromatic carbocycles. The zero-order valence-electron chi connectivity index (χ0n) is 11.8. The topological polar surface area (TPSA) is 71.1 Å². The molecule has 6 heteroatoms. The molecule has 1 aliphatic carbocycles. The number of anilines is 2. The standard InChI is InChI=1S/C15H15N3O2S/c1-8(19)16-11-5-3-10-4-6-13-14(12(10)7-11)21-15(18-13)17-9(2)20/h3,5,7H,4,6H2,1-2H3,(H,16,19)(H,17,18,20). The molecule has 0 radical (unpaired) electrons. The van der Waals surface area contributed by atoms with Gasteiger partial charge in [-0.15, -0.1) is 0 Å². The van der Waals surface area contributed by atoms with Crippen molar-refractivity contribution in [2.24, 2.45) is 0 Å². The van der Waals surface area contributed by atoms with E-state index in [4.69, 9.17) is 0 Å². The lowest BCUT2D eigenvalue weighted by molar-refractivity contribution is -0.115. The lowest BCUT2D eigenvalue weighted by Crippen LogP contribution is -2.08. The highest BCUT2D eigenvalue weighted by Gasteiger charge is 2.21. The third-order valence-electron chi connectivity index (χ3n) is 3.29. The molecular weight excluding hydrogens is 286 g/mol. The van der Waals surface area contributed by atoms with Crippen molar-refractivity contribution in [3.8, 4) is 10.4 Å². The number of aromatic nitrogens is 1. The maximum Gasteiger partial charge on any atom is 0.223 e. The molecule has 0 bridgehead atoms. The van der Waals surface area contributed by atoms with Crippen LogP contribution in [0, 0.1) is 0 Å². The lowest BCUT2D eigenvalue weighted by atomic mass is 9.93. The monoisotopic (exact) mass is 301 g/mol. The molecular formula is C15H15N3O2S. The molecule has 1 heterocycles. The van der Waals surface area contributed by atoms with Crippen LogP contribution in [-0.4, -0.2) is 16.8 Å². The van der Waals surface area contributed by atoms with Crippen molar-refractivity contribution in [3.63, 3.8) is 0 Å². The molecule has 0 fully saturated rings. The predicted molar refractivity (Wildman–Crippen MR) is 83.6 cm³/mol. The van der Waals surface area contributed by atoms with Gasteiger partial charge in [-0.25, -0.2) is 4.98 Å². The average molecular weight is 301 g/mol. The number of carbonyl (C=O) groups is 2. The summed E-state index contributed by atoms with van der Waals surface area (Å²) in [5.41, 5.74) is 4.13. The minimum absolute atomic E-state index is 0.0887. The van der Waals surface area contributed by atoms with Crippen LogP contribution in [0.5, 0.6) is 0 Å². The third-order valence-corrected chi connectivity index (χ3v) is 4.33. The van der Waals surface area contributed by atoms with E-state index in [9.17, 15) is 9.59 Å². The summed E-state index contributed by atoms with van der Waals surface area (Å²) in [5.74, 6) is -0.206. The Morgan fingerprint density at radius 3 is 2.62 bits per heavy atom. The first kappa shape index (κ1) is 13.8. The minimum Gasteiger partial charge on any atom is -0.326 e. The van der Waals surface area contributed by atoms with E-state index < -0.39 is 0 Å². The van der Waals surface area contributed by atoms with Gasteiger partial charge in [0.1, 0.15) is 0 Å². The number of hydrogen-bond donors (Lipinski definition) is 2. The maximum absolute atomic E-state index is 11.2. The summed E-state index contributed by atoms with van der Waals surface area (Å²) in [4.78, 5) is 27.9. The zero-order valence-corrected chi connectivity index (χ0v) is 12.6. The summed E-state index contributed by atoms with van der Waals surface area (Å²) < 4.78 is 0. The highest BCUT2D eigenvalue weighted by atomic mass is 32.1. The number of nitrogens with zero attached hydrogens (tertiary/aromatic N) is 1. The van der Waals surface area contributed by atoms with Crippen LogP contribution in [0.3, 0.4) is 0 Å². The first-order valence-electron chi connectivity index (χ1n) is 6.71. The van der Waals surface area contributed by atoms with Gasteiger partial charge in [-0.1, -0.05) is 17.4 Å². The third kappa shape index (κ3) is 2.80. The number of hydrogen-bond acceptors (Lipinski definition) is 4. The summed E-state index contributed by atoms with van der Waals surface area (Å²) in [6.45, 7) is 2.97. The zero-order chi connectivity index (χ0) is 15.0. The van der Waals surface area contributed by atoms with Gasteiger partial charge in [-0.05, 0) is 36.1 Å². The number of aryl methyl sites for hydroxylation is 2. The predicted octanol–water partition coefficient (Wildman–Crippen LogP) is 2.83. The van der Waals surface area contributed by atoms with Crippen molar-refractivity contribution in [2.75, 3.05) is 10.6 Å². The summed E-state index contributed by atoms with van der Waals surface area (Å²) in [5, 5.41) is 6.17. The van der Waals surface area contributed by atoms with Crippen LogP contribution >= 0.6 is 11.3 Å². The summed E-state index contributed by atoms with van der Waals surface area (Å²) in [6.07, 6.45) is 1.80. The molecule has 5 nitrogen and oxygen atoms in total. The Bertz CT molecular complexity index is 737. The Morgan fingerprint density at radius 1 is 1.14 bits per heavy atom. The van der Waals surface area contributed by atoms with Gasteiger partial charge in [-0.3, -0.25) is 9.59 Å². The van der Waals surface area contributed by atoms with Crippen LogP contribution in [0.2, 0.25) is 0 Å². The van der Waals surface area contributed by atoms with Crippen molar-refractivity contribution in [3.05, 3.63) is 29.5 Å². The normalized spacial score (nSPS) is 12.3. The van der Waals surface area contributed by atoms with Crippen molar-refractivity contribution in [1.29, 1.82) is 0 Å². The van der Waals surface area contributed by atoms with Gasteiger partial charge in [0.2, 0.25) is 11.8 Å². The summed E-state index contributed by atoms with van der Waals surface area (Å²) in [6, 6.07) is 5.94. The Labute approximate surface area is 126 Å².